The molecule has 1 rings (SSSR count). The molecular formula is C9H16BrNO3. The van der Waals surface area contributed by atoms with Crippen molar-refractivity contribution in [3.8, 4) is 0 Å². The third kappa shape index (κ3) is 3.22. The molecule has 0 saturated carbocycles. The molecule has 0 aromatic rings. The summed E-state index contributed by atoms with van der Waals surface area (Å²) in [6.45, 7) is 1.38. The molecule has 82 valence electrons. The number of carbonyl (C=O) groups is 1. The van der Waals surface area contributed by atoms with E-state index in [1.807, 2.05) is 0 Å². The molecule has 1 saturated heterocycles. The lowest BCUT2D eigenvalue weighted by molar-refractivity contribution is -0.134. The highest BCUT2D eigenvalue weighted by Gasteiger charge is 2.27. The highest BCUT2D eigenvalue weighted by atomic mass is 79.9. The van der Waals surface area contributed by atoms with Gasteiger partial charge in [-0.2, -0.15) is 0 Å². The number of likely N-dealkylation sites (tertiary alicyclic amines) is 1. The summed E-state index contributed by atoms with van der Waals surface area (Å²) in [6, 6.07) is 0. The van der Waals surface area contributed by atoms with Gasteiger partial charge in [-0.3, -0.25) is 4.79 Å². The van der Waals surface area contributed by atoms with Crippen molar-refractivity contribution < 1.29 is 14.6 Å². The maximum absolute atomic E-state index is 11.6. The molecule has 0 bridgehead atoms. The lowest BCUT2D eigenvalue weighted by Gasteiger charge is -2.31. The molecule has 14 heavy (non-hydrogen) atoms. The molecule has 1 aliphatic heterocycles. The third-order valence-electron chi connectivity index (χ3n) is 2.26. The SMILES string of the molecule is COCC(O)CN1CCCC(Br)C1=O. The van der Waals surface area contributed by atoms with Crippen LogP contribution in [0.25, 0.3) is 0 Å². The summed E-state index contributed by atoms with van der Waals surface area (Å²) in [7, 11) is 1.54. The van der Waals surface area contributed by atoms with Crippen LogP contribution in [0.2, 0.25) is 0 Å². The average Bonchev–Trinajstić information content (AvgIpc) is 2.13. The van der Waals surface area contributed by atoms with Crippen molar-refractivity contribution in [3.05, 3.63) is 0 Å². The van der Waals surface area contributed by atoms with Gasteiger partial charge in [0.1, 0.15) is 0 Å². The van der Waals surface area contributed by atoms with Crippen molar-refractivity contribution >= 4 is 21.8 Å². The molecule has 0 radical (unpaired) electrons. The number of hydrogen-bond acceptors (Lipinski definition) is 3. The minimum absolute atomic E-state index is 0.0754. The van der Waals surface area contributed by atoms with Crippen molar-refractivity contribution in [3.63, 3.8) is 0 Å². The number of nitrogens with zero attached hydrogens (tertiary/aromatic N) is 1. The first-order valence-electron chi connectivity index (χ1n) is 4.75. The van der Waals surface area contributed by atoms with Gasteiger partial charge < -0.3 is 14.7 Å². The number of carbonyl (C=O) groups excluding carboxylic acids is 1. The first-order valence-corrected chi connectivity index (χ1v) is 5.66. The van der Waals surface area contributed by atoms with E-state index in [4.69, 9.17) is 4.74 Å². The zero-order valence-corrected chi connectivity index (χ0v) is 9.87. The largest absolute Gasteiger partial charge is 0.389 e. The van der Waals surface area contributed by atoms with Crippen LogP contribution in [-0.2, 0) is 9.53 Å². The van der Waals surface area contributed by atoms with Crippen LogP contribution in [0, 0.1) is 0 Å². The van der Waals surface area contributed by atoms with Crippen LogP contribution in [0.4, 0.5) is 0 Å². The number of aliphatic hydroxyl groups is 1. The standard InChI is InChI=1S/C9H16BrNO3/c1-14-6-7(12)5-11-4-2-3-8(10)9(11)13/h7-8,12H,2-6H2,1H3. The van der Waals surface area contributed by atoms with E-state index in [-0.39, 0.29) is 17.3 Å². The third-order valence-corrected chi connectivity index (χ3v) is 3.10. The van der Waals surface area contributed by atoms with Crippen LogP contribution in [0.3, 0.4) is 0 Å². The molecule has 1 aliphatic rings. The Morgan fingerprint density at radius 3 is 3.14 bits per heavy atom. The Morgan fingerprint density at radius 1 is 1.79 bits per heavy atom. The maximum Gasteiger partial charge on any atom is 0.236 e. The molecule has 0 aromatic heterocycles. The number of hydrogen-bond donors (Lipinski definition) is 1. The van der Waals surface area contributed by atoms with Crippen molar-refractivity contribution in [2.45, 2.75) is 23.8 Å². The molecule has 1 amide bonds. The lowest BCUT2D eigenvalue weighted by atomic mass is 10.1. The smallest absolute Gasteiger partial charge is 0.236 e. The molecule has 2 unspecified atom stereocenters. The van der Waals surface area contributed by atoms with E-state index in [1.165, 1.54) is 7.11 Å². The number of halogens is 1. The van der Waals surface area contributed by atoms with Gasteiger partial charge in [-0.05, 0) is 12.8 Å². The summed E-state index contributed by atoms with van der Waals surface area (Å²) in [5.74, 6) is 0.0754. The second kappa shape index (κ2) is 5.68. The summed E-state index contributed by atoms with van der Waals surface area (Å²) < 4.78 is 4.81. The van der Waals surface area contributed by atoms with Gasteiger partial charge in [0.05, 0.1) is 17.5 Å². The molecule has 0 spiro atoms. The summed E-state index contributed by atoms with van der Waals surface area (Å²) in [6.07, 6.45) is 1.29. The molecule has 1 N–H and O–H groups in total. The molecule has 1 heterocycles. The normalized spacial score (nSPS) is 25.2. The fourth-order valence-corrected chi connectivity index (χ4v) is 2.19. The Bertz CT molecular complexity index is 200. The Balaban J connectivity index is 2.39. The number of alkyl halides is 1. The summed E-state index contributed by atoms with van der Waals surface area (Å²) >= 11 is 3.32. The van der Waals surface area contributed by atoms with Crippen molar-refractivity contribution in [1.29, 1.82) is 0 Å². The zero-order valence-electron chi connectivity index (χ0n) is 8.28. The van der Waals surface area contributed by atoms with Crippen LogP contribution >= 0.6 is 15.9 Å². The first-order chi connectivity index (χ1) is 6.65. The molecule has 5 heteroatoms. The first kappa shape index (κ1) is 11.9. The van der Waals surface area contributed by atoms with Crippen LogP contribution in [-0.4, -0.2) is 53.7 Å². The quantitative estimate of drug-likeness (QED) is 0.748. The van der Waals surface area contributed by atoms with Crippen molar-refractivity contribution in [1.82, 2.24) is 4.90 Å². The topological polar surface area (TPSA) is 49.8 Å². The van der Waals surface area contributed by atoms with Gasteiger partial charge in [0.2, 0.25) is 5.91 Å². The van der Waals surface area contributed by atoms with Crippen molar-refractivity contribution in [2.24, 2.45) is 0 Å². The Morgan fingerprint density at radius 2 is 2.50 bits per heavy atom. The number of ether oxygens (including phenoxy) is 1. The summed E-state index contributed by atoms with van der Waals surface area (Å²) in [4.78, 5) is 13.2. The van der Waals surface area contributed by atoms with Gasteiger partial charge in [-0.1, -0.05) is 15.9 Å². The number of amides is 1. The highest BCUT2D eigenvalue weighted by molar-refractivity contribution is 9.10. The van der Waals surface area contributed by atoms with Gasteiger partial charge in [0, 0.05) is 20.2 Å². The van der Waals surface area contributed by atoms with E-state index in [9.17, 15) is 9.90 Å². The Hall–Kier alpha value is -0.130. The Labute approximate surface area is 92.3 Å². The number of piperidine rings is 1. The minimum Gasteiger partial charge on any atom is -0.389 e. The van der Waals surface area contributed by atoms with Crippen LogP contribution < -0.4 is 0 Å². The van der Waals surface area contributed by atoms with E-state index in [2.05, 4.69) is 15.9 Å². The minimum atomic E-state index is -0.582. The second-order valence-electron chi connectivity index (χ2n) is 3.50. The predicted molar refractivity (Wildman–Crippen MR) is 56.4 cm³/mol. The van der Waals surface area contributed by atoms with E-state index in [0.717, 1.165) is 19.4 Å². The lowest BCUT2D eigenvalue weighted by Crippen LogP contribution is -2.46. The van der Waals surface area contributed by atoms with Crippen LogP contribution in [0.1, 0.15) is 12.8 Å². The number of aliphatic hydroxyl groups excluding tert-OH is 1. The molecule has 0 aliphatic carbocycles. The van der Waals surface area contributed by atoms with E-state index in [0.29, 0.717) is 6.54 Å². The van der Waals surface area contributed by atoms with Gasteiger partial charge >= 0.3 is 0 Å². The maximum atomic E-state index is 11.6. The fourth-order valence-electron chi connectivity index (χ4n) is 1.57. The second-order valence-corrected chi connectivity index (χ2v) is 4.61. The van der Waals surface area contributed by atoms with E-state index >= 15 is 0 Å². The number of β-amino-alcohol motifs (C(OH)–C–C–N with tert-alkyl or cyclic N) is 1. The fraction of sp³-hybridized carbons (Fsp3) is 0.889. The van der Waals surface area contributed by atoms with Gasteiger partial charge in [0.25, 0.3) is 0 Å². The molecular weight excluding hydrogens is 250 g/mol. The monoisotopic (exact) mass is 265 g/mol. The Kier molecular flexibility index (Phi) is 4.84. The average molecular weight is 266 g/mol. The molecule has 2 atom stereocenters. The van der Waals surface area contributed by atoms with Gasteiger partial charge in [-0.15, -0.1) is 0 Å². The predicted octanol–water partition coefficient (Wildman–Crippen LogP) is 0.380. The number of rotatable bonds is 4. The summed E-state index contributed by atoms with van der Waals surface area (Å²) in [5, 5.41) is 9.47. The van der Waals surface area contributed by atoms with Gasteiger partial charge in [-0.25, -0.2) is 0 Å². The van der Waals surface area contributed by atoms with Gasteiger partial charge in [0.15, 0.2) is 0 Å². The van der Waals surface area contributed by atoms with Crippen molar-refractivity contribution in [2.75, 3.05) is 26.8 Å². The molecule has 0 aromatic carbocycles. The summed E-state index contributed by atoms with van der Waals surface area (Å²) in [5.41, 5.74) is 0. The van der Waals surface area contributed by atoms with E-state index < -0.39 is 6.10 Å². The number of methoxy groups -OCH3 is 1. The molecule has 4 nitrogen and oxygen atoms in total. The van der Waals surface area contributed by atoms with Crippen LogP contribution in [0.15, 0.2) is 0 Å². The zero-order chi connectivity index (χ0) is 10.6. The van der Waals surface area contributed by atoms with E-state index in [1.54, 1.807) is 4.90 Å². The highest BCUT2D eigenvalue weighted by Crippen LogP contribution is 2.18. The molecule has 1 fully saturated rings. The van der Waals surface area contributed by atoms with Crippen LogP contribution in [0.5, 0.6) is 0 Å².